The summed E-state index contributed by atoms with van der Waals surface area (Å²) in [4.78, 5) is 10.7. The van der Waals surface area contributed by atoms with Gasteiger partial charge in [0.15, 0.2) is 11.5 Å². The van der Waals surface area contributed by atoms with Crippen molar-refractivity contribution >= 4 is 5.97 Å². The number of rotatable bonds is 3. The van der Waals surface area contributed by atoms with Crippen molar-refractivity contribution in [1.82, 2.24) is 5.16 Å². The summed E-state index contributed by atoms with van der Waals surface area (Å²) in [5, 5.41) is 12.2. The molecular weight excluding hydrogens is 222 g/mol. The van der Waals surface area contributed by atoms with Gasteiger partial charge in [0.25, 0.3) is 0 Å². The largest absolute Gasteiger partial charge is 0.496 e. The van der Waals surface area contributed by atoms with Gasteiger partial charge in [-0.1, -0.05) is 16.8 Å². The van der Waals surface area contributed by atoms with Crippen molar-refractivity contribution in [2.24, 2.45) is 0 Å². The van der Waals surface area contributed by atoms with Crippen molar-refractivity contribution in [2.45, 2.75) is 6.92 Å². The van der Waals surface area contributed by atoms with Crippen molar-refractivity contribution in [3.63, 3.8) is 0 Å². The lowest BCUT2D eigenvalue weighted by molar-refractivity contribution is 0.0686. The maximum absolute atomic E-state index is 10.7. The van der Waals surface area contributed by atoms with Gasteiger partial charge in [-0.15, -0.1) is 0 Å². The molecule has 5 heteroatoms. The number of aromatic nitrogens is 1. The first-order valence-corrected chi connectivity index (χ1v) is 4.97. The molecule has 0 saturated heterocycles. The van der Waals surface area contributed by atoms with Crippen molar-refractivity contribution in [3.8, 4) is 17.1 Å². The zero-order valence-electron chi connectivity index (χ0n) is 9.43. The molecule has 0 aliphatic heterocycles. The van der Waals surface area contributed by atoms with Gasteiger partial charge in [-0.3, -0.25) is 0 Å². The lowest BCUT2D eigenvalue weighted by Gasteiger charge is -2.05. The average molecular weight is 233 g/mol. The van der Waals surface area contributed by atoms with E-state index in [1.54, 1.807) is 13.2 Å². The van der Waals surface area contributed by atoms with Crippen LogP contribution < -0.4 is 4.74 Å². The molecule has 0 aliphatic carbocycles. The van der Waals surface area contributed by atoms with Crippen LogP contribution in [0.5, 0.6) is 5.75 Å². The number of aryl methyl sites for hydroxylation is 1. The average Bonchev–Trinajstić information content (AvgIpc) is 2.78. The molecule has 2 rings (SSSR count). The summed E-state index contributed by atoms with van der Waals surface area (Å²) in [5.41, 5.74) is 1.59. The minimum atomic E-state index is -1.12. The Morgan fingerprint density at radius 3 is 2.76 bits per heavy atom. The number of aromatic carboxylic acids is 1. The van der Waals surface area contributed by atoms with Crippen LogP contribution in [0.2, 0.25) is 0 Å². The molecule has 0 bridgehead atoms. The lowest BCUT2D eigenvalue weighted by atomic mass is 10.1. The summed E-state index contributed by atoms with van der Waals surface area (Å²) in [6.07, 6.45) is 0. The van der Waals surface area contributed by atoms with E-state index < -0.39 is 5.97 Å². The number of carboxylic acids is 1. The second-order valence-corrected chi connectivity index (χ2v) is 3.59. The Labute approximate surface area is 97.6 Å². The van der Waals surface area contributed by atoms with Crippen molar-refractivity contribution < 1.29 is 19.2 Å². The van der Waals surface area contributed by atoms with Gasteiger partial charge in [-0.05, 0) is 19.1 Å². The van der Waals surface area contributed by atoms with Gasteiger partial charge in [0, 0.05) is 6.07 Å². The molecule has 0 amide bonds. The fourth-order valence-electron chi connectivity index (χ4n) is 1.52. The fraction of sp³-hybridized carbons (Fsp3) is 0.167. The molecule has 88 valence electrons. The zero-order valence-corrected chi connectivity index (χ0v) is 9.43. The van der Waals surface area contributed by atoms with Gasteiger partial charge in [0.05, 0.1) is 12.7 Å². The number of hydrogen-bond donors (Lipinski definition) is 1. The topological polar surface area (TPSA) is 72.6 Å². The highest BCUT2D eigenvalue weighted by atomic mass is 16.5. The maximum Gasteiger partial charge on any atom is 0.358 e. The first kappa shape index (κ1) is 11.2. The summed E-state index contributed by atoms with van der Waals surface area (Å²) in [5.74, 6) is -0.127. The van der Waals surface area contributed by atoms with Crippen LogP contribution in [-0.2, 0) is 0 Å². The molecule has 1 heterocycles. The molecule has 0 fully saturated rings. The number of hydrogen-bond acceptors (Lipinski definition) is 4. The maximum atomic E-state index is 10.7. The van der Waals surface area contributed by atoms with E-state index >= 15 is 0 Å². The third kappa shape index (κ3) is 2.13. The highest BCUT2D eigenvalue weighted by molar-refractivity contribution is 5.86. The van der Waals surface area contributed by atoms with Crippen LogP contribution in [0.4, 0.5) is 0 Å². The number of benzene rings is 1. The molecular formula is C12H11NO4. The first-order valence-electron chi connectivity index (χ1n) is 4.97. The van der Waals surface area contributed by atoms with Gasteiger partial charge in [0.2, 0.25) is 0 Å². The van der Waals surface area contributed by atoms with Crippen LogP contribution in [0.1, 0.15) is 16.1 Å². The highest BCUT2D eigenvalue weighted by Gasteiger charge is 2.15. The molecule has 0 atom stereocenters. The summed E-state index contributed by atoms with van der Waals surface area (Å²) in [6, 6.07) is 6.93. The predicted octanol–water partition coefficient (Wildman–Crippen LogP) is 2.36. The second kappa shape index (κ2) is 4.29. The van der Waals surface area contributed by atoms with E-state index in [1.807, 2.05) is 19.1 Å². The number of carbonyl (C=O) groups is 1. The molecule has 0 saturated carbocycles. The van der Waals surface area contributed by atoms with Gasteiger partial charge < -0.3 is 14.4 Å². The number of methoxy groups -OCH3 is 1. The third-order valence-electron chi connectivity index (χ3n) is 2.35. The van der Waals surface area contributed by atoms with Crippen molar-refractivity contribution in [3.05, 3.63) is 35.5 Å². The zero-order chi connectivity index (χ0) is 12.4. The van der Waals surface area contributed by atoms with E-state index in [-0.39, 0.29) is 5.69 Å². The first-order chi connectivity index (χ1) is 8.11. The van der Waals surface area contributed by atoms with E-state index in [4.69, 9.17) is 14.4 Å². The lowest BCUT2D eigenvalue weighted by Crippen LogP contribution is -1.94. The van der Waals surface area contributed by atoms with E-state index in [9.17, 15) is 4.79 Å². The summed E-state index contributed by atoms with van der Waals surface area (Å²) >= 11 is 0. The molecule has 17 heavy (non-hydrogen) atoms. The van der Waals surface area contributed by atoms with E-state index in [2.05, 4.69) is 5.16 Å². The highest BCUT2D eigenvalue weighted by Crippen LogP contribution is 2.31. The summed E-state index contributed by atoms with van der Waals surface area (Å²) in [6.45, 7) is 1.93. The third-order valence-corrected chi connectivity index (χ3v) is 2.35. The SMILES string of the molecule is COc1ccc(C)cc1-c1cc(C(=O)O)no1. The molecule has 5 nitrogen and oxygen atoms in total. The van der Waals surface area contributed by atoms with Crippen LogP contribution in [0.25, 0.3) is 11.3 Å². The van der Waals surface area contributed by atoms with E-state index in [0.29, 0.717) is 17.1 Å². The van der Waals surface area contributed by atoms with Gasteiger partial charge in [0.1, 0.15) is 5.75 Å². The van der Waals surface area contributed by atoms with Crippen LogP contribution in [-0.4, -0.2) is 23.3 Å². The Hall–Kier alpha value is -2.30. The fourth-order valence-corrected chi connectivity index (χ4v) is 1.52. The van der Waals surface area contributed by atoms with Crippen LogP contribution in [0.3, 0.4) is 0 Å². The molecule has 2 aromatic rings. The Morgan fingerprint density at radius 2 is 2.18 bits per heavy atom. The molecule has 0 spiro atoms. The van der Waals surface area contributed by atoms with Gasteiger partial charge in [-0.25, -0.2) is 4.79 Å². The molecule has 0 aliphatic rings. The minimum Gasteiger partial charge on any atom is -0.496 e. The van der Waals surface area contributed by atoms with E-state index in [0.717, 1.165) is 5.56 Å². The molecule has 1 aromatic carbocycles. The smallest absolute Gasteiger partial charge is 0.358 e. The van der Waals surface area contributed by atoms with Crippen LogP contribution in [0, 0.1) is 6.92 Å². The number of carboxylic acid groups (broad SMARTS) is 1. The molecule has 1 aromatic heterocycles. The molecule has 0 unspecified atom stereocenters. The minimum absolute atomic E-state index is 0.122. The van der Waals surface area contributed by atoms with Gasteiger partial charge >= 0.3 is 5.97 Å². The summed E-state index contributed by atoms with van der Waals surface area (Å²) < 4.78 is 10.2. The number of nitrogens with zero attached hydrogens (tertiary/aromatic N) is 1. The Kier molecular flexibility index (Phi) is 2.82. The van der Waals surface area contributed by atoms with Crippen molar-refractivity contribution in [1.29, 1.82) is 0 Å². The quantitative estimate of drug-likeness (QED) is 0.880. The van der Waals surface area contributed by atoms with Crippen LogP contribution >= 0.6 is 0 Å². The predicted molar refractivity (Wildman–Crippen MR) is 60.2 cm³/mol. The Balaban J connectivity index is 2.51. The van der Waals surface area contributed by atoms with Gasteiger partial charge in [-0.2, -0.15) is 0 Å². The summed E-state index contributed by atoms with van der Waals surface area (Å²) in [7, 11) is 1.54. The monoisotopic (exact) mass is 233 g/mol. The van der Waals surface area contributed by atoms with E-state index in [1.165, 1.54) is 6.07 Å². The molecule has 0 radical (unpaired) electrons. The second-order valence-electron chi connectivity index (χ2n) is 3.59. The Bertz CT molecular complexity index is 559. The standard InChI is InChI=1S/C12H11NO4/c1-7-3-4-10(16-2)8(5-7)11-6-9(12(14)15)13-17-11/h3-6H,1-2H3,(H,14,15). The Morgan fingerprint density at radius 1 is 1.41 bits per heavy atom. The molecule has 1 N–H and O–H groups in total. The van der Waals surface area contributed by atoms with Crippen molar-refractivity contribution in [2.75, 3.05) is 7.11 Å². The van der Waals surface area contributed by atoms with Crippen LogP contribution in [0.15, 0.2) is 28.8 Å². The normalized spacial score (nSPS) is 10.2. The number of ether oxygens (including phenoxy) is 1.